The number of benzene rings is 5. The van der Waals surface area contributed by atoms with Crippen LogP contribution >= 0.6 is 20.8 Å². The average Bonchev–Trinajstić information content (AvgIpc) is 3.28. The Bertz CT molecular complexity index is 1610. The minimum absolute atomic E-state index is 0.178. The second-order valence-corrected chi connectivity index (χ2v) is 19.2. The molecule has 0 saturated carbocycles. The Morgan fingerprint density at radius 1 is 0.634 bits per heavy atom. The van der Waals surface area contributed by atoms with Gasteiger partial charge in [0, 0.05) is 0 Å². The first kappa shape index (κ1) is 27.1. The van der Waals surface area contributed by atoms with Crippen molar-refractivity contribution in [1.29, 1.82) is 0 Å². The van der Waals surface area contributed by atoms with Crippen LogP contribution in [0.25, 0.3) is 0 Å². The molecule has 204 valence electrons. The zero-order valence-corrected chi connectivity index (χ0v) is 25.1. The molecule has 0 fully saturated rings. The van der Waals surface area contributed by atoms with E-state index in [2.05, 4.69) is 94.4 Å². The predicted molar refractivity (Wildman–Crippen MR) is 171 cm³/mol. The van der Waals surface area contributed by atoms with Gasteiger partial charge in [0.05, 0.1) is 0 Å². The van der Waals surface area contributed by atoms with Gasteiger partial charge in [0.25, 0.3) is 0 Å². The molecule has 0 aliphatic carbocycles. The molecule has 0 atom stereocenters. The first-order valence-corrected chi connectivity index (χ1v) is 17.9. The summed E-state index contributed by atoms with van der Waals surface area (Å²) in [5.41, 5.74) is 2.76. The van der Waals surface area contributed by atoms with E-state index in [1.54, 1.807) is 31.4 Å². The zero-order valence-electron chi connectivity index (χ0n) is 22.6. The third kappa shape index (κ3) is 4.50. The number of hydrogen-bond donors (Lipinski definition) is 0. The number of imide groups is 1. The Morgan fingerprint density at radius 3 is 1.51 bits per heavy atom. The van der Waals surface area contributed by atoms with Crippen LogP contribution in [0.5, 0.6) is 5.75 Å². The molecule has 0 aromatic heterocycles. The van der Waals surface area contributed by atoms with Crippen LogP contribution in [-0.2, 0) is 12.7 Å². The van der Waals surface area contributed by atoms with Crippen molar-refractivity contribution in [2.24, 2.45) is 0 Å². The molecule has 0 unspecified atom stereocenters. The molecule has 0 bridgehead atoms. The van der Waals surface area contributed by atoms with Gasteiger partial charge in [-0.05, 0) is 0 Å². The summed E-state index contributed by atoms with van der Waals surface area (Å²) < 4.78 is 5.98. The third-order valence-corrected chi connectivity index (χ3v) is 17.4. The van der Waals surface area contributed by atoms with E-state index < -0.39 is 5.31 Å². The molecule has 0 N–H and O–H groups in total. The van der Waals surface area contributed by atoms with Gasteiger partial charge in [-0.15, -0.1) is 0 Å². The number of rotatable bonds is 8. The summed E-state index contributed by atoms with van der Waals surface area (Å²) in [5, 5.41) is 0.407. The Hall–Kier alpha value is -4.05. The van der Waals surface area contributed by atoms with Crippen molar-refractivity contribution in [2.45, 2.75) is 12.7 Å². The van der Waals surface area contributed by atoms with E-state index in [9.17, 15) is 9.59 Å². The van der Waals surface area contributed by atoms with Crippen LogP contribution in [0.3, 0.4) is 0 Å². The van der Waals surface area contributed by atoms with Crippen LogP contribution < -0.4 is 20.7 Å². The van der Waals surface area contributed by atoms with Crippen LogP contribution in [-0.4, -0.2) is 23.8 Å². The van der Waals surface area contributed by atoms with E-state index in [4.69, 9.17) is 4.74 Å². The number of nitrogens with zero attached hydrogens (tertiary/aromatic N) is 1. The fourth-order valence-corrected chi connectivity index (χ4v) is 13.5. The summed E-state index contributed by atoms with van der Waals surface area (Å²) in [6.45, 7) is 0.178. The fourth-order valence-electron chi connectivity index (χ4n) is 5.84. The minimum atomic E-state index is -3.24. The van der Waals surface area contributed by atoms with Gasteiger partial charge in [-0.25, -0.2) is 0 Å². The number of fused-ring (bicyclic) bond motifs is 1. The predicted octanol–water partition coefficient (Wildman–Crippen LogP) is 6.83. The molecule has 5 aromatic rings. The van der Waals surface area contributed by atoms with E-state index in [0.29, 0.717) is 17.3 Å². The quantitative estimate of drug-likeness (QED) is 0.141. The second-order valence-electron chi connectivity index (χ2n) is 10.2. The van der Waals surface area contributed by atoms with E-state index in [1.165, 1.54) is 20.8 Å². The standard InChI is InChI=1S/C35H29BrNO3P/c1-40-33-23-26(24-37-34(38)31-19-11-12-20-32(31)35(37)39)21-22-27(33)25-41(36,28-13-5-2-6-14-28,29-15-7-3-8-16-29)30-17-9-4-10-18-30/h2-23H,24-25H2,1H3. The van der Waals surface area contributed by atoms with Gasteiger partial charge >= 0.3 is 249 Å². The molecular weight excluding hydrogens is 593 g/mol. The van der Waals surface area contributed by atoms with E-state index in [0.717, 1.165) is 16.9 Å². The third-order valence-electron chi connectivity index (χ3n) is 7.92. The van der Waals surface area contributed by atoms with E-state index in [1.807, 2.05) is 30.3 Å². The van der Waals surface area contributed by atoms with Gasteiger partial charge in [0.2, 0.25) is 0 Å². The zero-order chi connectivity index (χ0) is 28.5. The Morgan fingerprint density at radius 2 is 1.07 bits per heavy atom. The number of hydrogen-bond acceptors (Lipinski definition) is 3. The molecule has 1 aliphatic heterocycles. The molecule has 5 aromatic carbocycles. The Balaban J connectivity index is 1.45. The molecule has 6 rings (SSSR count). The summed E-state index contributed by atoms with van der Waals surface area (Å²) in [6.07, 6.45) is 0.667. The maximum atomic E-state index is 13.0. The summed E-state index contributed by atoms with van der Waals surface area (Å²) in [6, 6.07) is 44.9. The van der Waals surface area contributed by atoms with Gasteiger partial charge in [-0.1, -0.05) is 0 Å². The molecule has 6 heteroatoms. The molecular formula is C35H29BrNO3P. The van der Waals surface area contributed by atoms with Crippen molar-refractivity contribution in [3.8, 4) is 5.75 Å². The number of halogens is 1. The number of methoxy groups -OCH3 is 1. The number of amides is 2. The Kier molecular flexibility index (Phi) is 7.11. The first-order chi connectivity index (χ1) is 19.9. The maximum absolute atomic E-state index is 13.0. The summed E-state index contributed by atoms with van der Waals surface area (Å²) in [4.78, 5) is 27.3. The molecule has 4 nitrogen and oxygen atoms in total. The van der Waals surface area contributed by atoms with Crippen LogP contribution in [0.2, 0.25) is 0 Å². The summed E-state index contributed by atoms with van der Waals surface area (Å²) in [7, 11) is 1.67. The van der Waals surface area contributed by atoms with Crippen molar-refractivity contribution in [3.05, 3.63) is 156 Å². The number of carbonyl (C=O) groups is 2. The van der Waals surface area contributed by atoms with Crippen LogP contribution in [0.1, 0.15) is 31.8 Å². The van der Waals surface area contributed by atoms with Crippen molar-refractivity contribution in [1.82, 2.24) is 4.90 Å². The van der Waals surface area contributed by atoms with Gasteiger partial charge in [0.15, 0.2) is 0 Å². The summed E-state index contributed by atoms with van der Waals surface area (Å²) in [5.74, 6) is 0.183. The van der Waals surface area contributed by atoms with Crippen molar-refractivity contribution < 1.29 is 14.3 Å². The number of carbonyl (C=O) groups excluding carboxylic acids is 2. The van der Waals surface area contributed by atoms with Crippen LogP contribution in [0.15, 0.2) is 133 Å². The molecule has 0 radical (unpaired) electrons. The monoisotopic (exact) mass is 621 g/mol. The van der Waals surface area contributed by atoms with Crippen LogP contribution in [0.4, 0.5) is 0 Å². The molecule has 2 amide bonds. The fraction of sp³-hybridized carbons (Fsp3) is 0.0857. The molecule has 41 heavy (non-hydrogen) atoms. The van der Waals surface area contributed by atoms with Crippen molar-refractivity contribution in [2.75, 3.05) is 7.11 Å². The second kappa shape index (κ2) is 10.7. The number of ether oxygens (including phenoxy) is 1. The molecule has 1 heterocycles. The average molecular weight is 622 g/mol. The molecule has 0 saturated heterocycles. The Labute approximate surface area is 248 Å². The normalized spacial score (nSPS) is 13.9. The molecule has 1 aliphatic rings. The van der Waals surface area contributed by atoms with Gasteiger partial charge in [-0.2, -0.15) is 0 Å². The SMILES string of the molecule is COc1cc(CN2C(=O)c3ccccc3C2=O)ccc1CP(Br)(c1ccccc1)(c1ccccc1)c1ccccc1. The van der Waals surface area contributed by atoms with E-state index >= 15 is 0 Å². The van der Waals surface area contributed by atoms with Crippen molar-refractivity contribution >= 4 is 48.5 Å². The topological polar surface area (TPSA) is 46.6 Å². The van der Waals surface area contributed by atoms with E-state index in [-0.39, 0.29) is 18.4 Å². The van der Waals surface area contributed by atoms with Gasteiger partial charge in [-0.3, -0.25) is 0 Å². The first-order valence-electron chi connectivity index (χ1n) is 13.4. The van der Waals surface area contributed by atoms with Crippen LogP contribution in [0, 0.1) is 0 Å². The van der Waals surface area contributed by atoms with Gasteiger partial charge < -0.3 is 0 Å². The van der Waals surface area contributed by atoms with Crippen molar-refractivity contribution in [3.63, 3.8) is 0 Å². The molecule has 0 spiro atoms. The summed E-state index contributed by atoms with van der Waals surface area (Å²) >= 11 is 4.52. The van der Waals surface area contributed by atoms with Gasteiger partial charge in [0.1, 0.15) is 0 Å².